The Morgan fingerprint density at radius 2 is 1.95 bits per heavy atom. The minimum absolute atomic E-state index is 0.104. The minimum atomic E-state index is -0.728. The van der Waals surface area contributed by atoms with Gasteiger partial charge in [-0.05, 0) is 48.3 Å². The fourth-order valence-electron chi connectivity index (χ4n) is 3.51. The van der Waals surface area contributed by atoms with Crippen LogP contribution < -0.4 is 0 Å². The van der Waals surface area contributed by atoms with Gasteiger partial charge in [0, 0.05) is 5.02 Å². The zero-order valence-corrected chi connectivity index (χ0v) is 13.2. The maximum absolute atomic E-state index is 11.3. The molecule has 0 aromatic heterocycles. The molecule has 106 valence electrons. The second kappa shape index (κ2) is 5.10. The van der Waals surface area contributed by atoms with E-state index >= 15 is 0 Å². The molecule has 0 spiro atoms. The van der Waals surface area contributed by atoms with Gasteiger partial charge in [0.05, 0.1) is 5.60 Å². The maximum Gasteiger partial charge on any atom is 0.0930 e. The van der Waals surface area contributed by atoms with E-state index in [1.807, 2.05) is 25.1 Å². The zero-order chi connectivity index (χ0) is 14.3. The molecule has 2 atom stereocenters. The first-order valence-corrected chi connectivity index (χ1v) is 7.62. The van der Waals surface area contributed by atoms with Crippen LogP contribution in [0.2, 0.25) is 5.02 Å². The Hall–Kier alpha value is -0.530. The summed E-state index contributed by atoms with van der Waals surface area (Å²) in [7, 11) is 0. The van der Waals surface area contributed by atoms with Gasteiger partial charge in [-0.3, -0.25) is 0 Å². The highest BCUT2D eigenvalue weighted by atomic mass is 35.5. The molecule has 1 aromatic carbocycles. The molecule has 1 saturated carbocycles. The summed E-state index contributed by atoms with van der Waals surface area (Å²) in [4.78, 5) is 0. The fraction of sp³-hybridized carbons (Fsp3) is 0.647. The van der Waals surface area contributed by atoms with Crippen LogP contribution in [0.1, 0.15) is 57.6 Å². The highest BCUT2D eigenvalue weighted by molar-refractivity contribution is 6.31. The molecule has 0 aliphatic heterocycles. The van der Waals surface area contributed by atoms with Gasteiger partial charge in [-0.2, -0.15) is 0 Å². The highest BCUT2D eigenvalue weighted by Crippen LogP contribution is 2.50. The van der Waals surface area contributed by atoms with Crippen molar-refractivity contribution in [3.63, 3.8) is 0 Å². The molecule has 1 aliphatic carbocycles. The van der Waals surface area contributed by atoms with Crippen LogP contribution in [-0.2, 0) is 5.60 Å². The van der Waals surface area contributed by atoms with Crippen LogP contribution in [-0.4, -0.2) is 5.11 Å². The number of hydrogen-bond donors (Lipinski definition) is 1. The Labute approximate surface area is 122 Å². The highest BCUT2D eigenvalue weighted by Gasteiger charge is 2.45. The Morgan fingerprint density at radius 3 is 2.53 bits per heavy atom. The Balaban J connectivity index is 2.45. The predicted molar refractivity (Wildman–Crippen MR) is 81.5 cm³/mol. The molecule has 0 amide bonds. The summed E-state index contributed by atoms with van der Waals surface area (Å²) >= 11 is 6.25. The summed E-state index contributed by atoms with van der Waals surface area (Å²) in [6.07, 6.45) is 4.23. The van der Waals surface area contributed by atoms with Gasteiger partial charge in [0.1, 0.15) is 0 Å². The zero-order valence-electron chi connectivity index (χ0n) is 12.5. The Bertz CT molecular complexity index is 461. The van der Waals surface area contributed by atoms with E-state index in [1.165, 1.54) is 6.42 Å². The second-order valence-electron chi connectivity index (χ2n) is 7.05. The molecule has 19 heavy (non-hydrogen) atoms. The van der Waals surface area contributed by atoms with Crippen molar-refractivity contribution >= 4 is 11.6 Å². The molecule has 1 nitrogen and oxygen atoms in total. The molecule has 1 aromatic rings. The van der Waals surface area contributed by atoms with Gasteiger partial charge in [0.15, 0.2) is 0 Å². The van der Waals surface area contributed by atoms with E-state index in [0.29, 0.717) is 0 Å². The molecule has 0 saturated heterocycles. The van der Waals surface area contributed by atoms with E-state index in [0.717, 1.165) is 35.4 Å². The molecule has 2 rings (SSSR count). The van der Waals surface area contributed by atoms with E-state index < -0.39 is 5.60 Å². The average Bonchev–Trinajstić information content (AvgIpc) is 2.31. The maximum atomic E-state index is 11.3. The minimum Gasteiger partial charge on any atom is -0.385 e. The van der Waals surface area contributed by atoms with Crippen LogP contribution in [0.15, 0.2) is 18.2 Å². The largest absolute Gasteiger partial charge is 0.385 e. The molecule has 1 N–H and O–H groups in total. The molecule has 2 unspecified atom stereocenters. The van der Waals surface area contributed by atoms with Crippen LogP contribution in [0.25, 0.3) is 0 Å². The number of rotatable bonds is 1. The van der Waals surface area contributed by atoms with Crippen LogP contribution in [0.4, 0.5) is 0 Å². The molecule has 2 heteroatoms. The lowest BCUT2D eigenvalue weighted by Gasteiger charge is -2.47. The molecular formula is C17H25ClO. The summed E-state index contributed by atoms with van der Waals surface area (Å²) in [6.45, 7) is 8.68. The van der Waals surface area contributed by atoms with Crippen molar-refractivity contribution in [1.29, 1.82) is 0 Å². The van der Waals surface area contributed by atoms with Gasteiger partial charge in [-0.1, -0.05) is 57.3 Å². The molecule has 1 aliphatic rings. The van der Waals surface area contributed by atoms with Gasteiger partial charge in [-0.15, -0.1) is 0 Å². The predicted octanol–water partition coefficient (Wildman–Crippen LogP) is 5.07. The first kappa shape index (κ1) is 14.9. The lowest BCUT2D eigenvalue weighted by Crippen LogP contribution is -2.44. The van der Waals surface area contributed by atoms with Crippen LogP contribution >= 0.6 is 11.6 Å². The molecule has 0 bridgehead atoms. The van der Waals surface area contributed by atoms with Crippen molar-refractivity contribution in [3.05, 3.63) is 34.3 Å². The molecular weight excluding hydrogens is 256 g/mol. The summed E-state index contributed by atoms with van der Waals surface area (Å²) in [5, 5.41) is 12.0. The number of hydrogen-bond acceptors (Lipinski definition) is 1. The topological polar surface area (TPSA) is 20.2 Å². The first-order valence-electron chi connectivity index (χ1n) is 7.24. The summed E-state index contributed by atoms with van der Waals surface area (Å²) < 4.78 is 0. The van der Waals surface area contributed by atoms with Crippen molar-refractivity contribution < 1.29 is 5.11 Å². The SMILES string of the molecule is Cc1ccc(C2(O)CCCCC2C(C)(C)C)cc1Cl. The van der Waals surface area contributed by atoms with Crippen LogP contribution in [0, 0.1) is 18.3 Å². The summed E-state index contributed by atoms with van der Waals surface area (Å²) in [5.74, 6) is 0.285. The van der Waals surface area contributed by atoms with Crippen molar-refractivity contribution in [3.8, 4) is 0 Å². The second-order valence-corrected chi connectivity index (χ2v) is 7.46. The molecule has 0 radical (unpaired) electrons. The fourth-order valence-corrected chi connectivity index (χ4v) is 3.69. The van der Waals surface area contributed by atoms with E-state index in [1.54, 1.807) is 0 Å². The molecule has 1 fully saturated rings. The van der Waals surface area contributed by atoms with E-state index in [4.69, 9.17) is 11.6 Å². The van der Waals surface area contributed by atoms with Crippen molar-refractivity contribution in [2.75, 3.05) is 0 Å². The Kier molecular flexibility index (Phi) is 3.99. The van der Waals surface area contributed by atoms with Crippen LogP contribution in [0.3, 0.4) is 0 Å². The average molecular weight is 281 g/mol. The summed E-state index contributed by atoms with van der Waals surface area (Å²) in [5.41, 5.74) is 1.43. The van der Waals surface area contributed by atoms with Crippen LogP contribution in [0.5, 0.6) is 0 Å². The third-order valence-corrected chi connectivity index (χ3v) is 5.00. The van der Waals surface area contributed by atoms with Gasteiger partial charge in [0.25, 0.3) is 0 Å². The normalized spacial score (nSPS) is 28.4. The van der Waals surface area contributed by atoms with Crippen molar-refractivity contribution in [2.45, 2.75) is 59.0 Å². The van der Waals surface area contributed by atoms with E-state index in [9.17, 15) is 5.11 Å². The third kappa shape index (κ3) is 2.83. The number of aliphatic hydroxyl groups is 1. The first-order chi connectivity index (χ1) is 8.75. The van der Waals surface area contributed by atoms with Gasteiger partial charge in [0.2, 0.25) is 0 Å². The molecule has 0 heterocycles. The standard InChI is InChI=1S/C17H25ClO/c1-12-8-9-13(11-14(12)18)17(19)10-6-5-7-15(17)16(2,3)4/h8-9,11,15,19H,5-7,10H2,1-4H3. The van der Waals surface area contributed by atoms with Gasteiger partial charge >= 0.3 is 0 Å². The van der Waals surface area contributed by atoms with Gasteiger partial charge < -0.3 is 5.11 Å². The van der Waals surface area contributed by atoms with E-state index in [2.05, 4.69) is 20.8 Å². The monoisotopic (exact) mass is 280 g/mol. The quantitative estimate of drug-likeness (QED) is 0.761. The lowest BCUT2D eigenvalue weighted by atomic mass is 9.61. The third-order valence-electron chi connectivity index (χ3n) is 4.59. The number of aryl methyl sites for hydroxylation is 1. The van der Waals surface area contributed by atoms with Crippen molar-refractivity contribution in [1.82, 2.24) is 0 Å². The van der Waals surface area contributed by atoms with Crippen molar-refractivity contribution in [2.24, 2.45) is 11.3 Å². The Morgan fingerprint density at radius 1 is 1.26 bits per heavy atom. The summed E-state index contributed by atoms with van der Waals surface area (Å²) in [6, 6.07) is 6.02. The lowest BCUT2D eigenvalue weighted by molar-refractivity contribution is -0.0959. The smallest absolute Gasteiger partial charge is 0.0930 e. The number of halogens is 1. The number of benzene rings is 1. The van der Waals surface area contributed by atoms with Gasteiger partial charge in [-0.25, -0.2) is 0 Å². The van der Waals surface area contributed by atoms with E-state index in [-0.39, 0.29) is 11.3 Å².